The first kappa shape index (κ1) is 15.5. The van der Waals surface area contributed by atoms with E-state index in [0.29, 0.717) is 0 Å². The van der Waals surface area contributed by atoms with Crippen LogP contribution in [0.1, 0.15) is 20.8 Å². The highest BCUT2D eigenvalue weighted by molar-refractivity contribution is 9.10. The standard InChI is InChI=1S/C9H18BrN5O2S/c1-9(2,3)6(5-11)13-18(16,17)8-7(10)12-14-15(8)4/h6,13H,5,11H2,1-4H3. The molecule has 0 saturated heterocycles. The summed E-state index contributed by atoms with van der Waals surface area (Å²) in [5, 5.41) is 7.29. The van der Waals surface area contributed by atoms with Gasteiger partial charge in [-0.15, -0.1) is 5.10 Å². The van der Waals surface area contributed by atoms with E-state index in [1.54, 1.807) is 0 Å². The van der Waals surface area contributed by atoms with Gasteiger partial charge in [-0.25, -0.2) is 17.8 Å². The van der Waals surface area contributed by atoms with Crippen LogP contribution < -0.4 is 10.5 Å². The Bertz CT molecular complexity index is 500. The summed E-state index contributed by atoms with van der Waals surface area (Å²) >= 11 is 3.07. The van der Waals surface area contributed by atoms with Crippen LogP contribution in [0.5, 0.6) is 0 Å². The Balaban J connectivity index is 3.10. The van der Waals surface area contributed by atoms with E-state index in [2.05, 4.69) is 31.0 Å². The molecule has 7 nitrogen and oxygen atoms in total. The van der Waals surface area contributed by atoms with Gasteiger partial charge in [0.05, 0.1) is 0 Å². The first-order valence-corrected chi connectivity index (χ1v) is 7.64. The van der Waals surface area contributed by atoms with E-state index in [9.17, 15) is 8.42 Å². The number of nitrogens with two attached hydrogens (primary N) is 1. The lowest BCUT2D eigenvalue weighted by Gasteiger charge is -2.29. The molecule has 9 heteroatoms. The number of rotatable bonds is 4. The lowest BCUT2D eigenvalue weighted by Crippen LogP contribution is -2.48. The molecule has 3 N–H and O–H groups in total. The lowest BCUT2D eigenvalue weighted by atomic mass is 9.88. The van der Waals surface area contributed by atoms with Crippen LogP contribution in [-0.2, 0) is 17.1 Å². The highest BCUT2D eigenvalue weighted by Gasteiger charge is 2.31. The van der Waals surface area contributed by atoms with Gasteiger partial charge in [-0.05, 0) is 21.3 Å². The van der Waals surface area contributed by atoms with Crippen molar-refractivity contribution in [2.24, 2.45) is 18.2 Å². The molecule has 1 aromatic heterocycles. The summed E-state index contributed by atoms with van der Waals surface area (Å²) in [7, 11) is -2.20. The average Bonchev–Trinajstić information content (AvgIpc) is 2.54. The Kier molecular flexibility index (Phi) is 4.52. The minimum Gasteiger partial charge on any atom is -0.329 e. The fraction of sp³-hybridized carbons (Fsp3) is 0.778. The van der Waals surface area contributed by atoms with Gasteiger partial charge in [-0.2, -0.15) is 0 Å². The van der Waals surface area contributed by atoms with Crippen LogP contribution in [0.4, 0.5) is 0 Å². The number of hydrogen-bond acceptors (Lipinski definition) is 5. The molecule has 1 unspecified atom stereocenters. The van der Waals surface area contributed by atoms with Crippen LogP contribution >= 0.6 is 15.9 Å². The lowest BCUT2D eigenvalue weighted by molar-refractivity contribution is 0.303. The van der Waals surface area contributed by atoms with Crippen molar-refractivity contribution in [3.8, 4) is 0 Å². The summed E-state index contributed by atoms with van der Waals surface area (Å²) in [6.07, 6.45) is 0. The van der Waals surface area contributed by atoms with Crippen LogP contribution in [0.25, 0.3) is 0 Å². The number of aromatic nitrogens is 3. The predicted octanol–water partition coefficient (Wildman–Crippen LogP) is 0.229. The molecule has 104 valence electrons. The highest BCUT2D eigenvalue weighted by Crippen LogP contribution is 2.23. The zero-order valence-electron chi connectivity index (χ0n) is 10.8. The summed E-state index contributed by atoms with van der Waals surface area (Å²) in [4.78, 5) is 0. The fourth-order valence-electron chi connectivity index (χ4n) is 1.43. The second kappa shape index (κ2) is 5.24. The van der Waals surface area contributed by atoms with Crippen molar-refractivity contribution in [2.75, 3.05) is 6.54 Å². The Morgan fingerprint density at radius 2 is 2.06 bits per heavy atom. The third-order valence-corrected chi connectivity index (χ3v) is 4.93. The monoisotopic (exact) mass is 339 g/mol. The van der Waals surface area contributed by atoms with E-state index in [1.165, 1.54) is 11.7 Å². The topological polar surface area (TPSA) is 103 Å². The van der Waals surface area contributed by atoms with Gasteiger partial charge >= 0.3 is 0 Å². The maximum Gasteiger partial charge on any atom is 0.260 e. The molecule has 0 amide bonds. The molecule has 0 aromatic carbocycles. The summed E-state index contributed by atoms with van der Waals surface area (Å²) in [6, 6.07) is -0.371. The molecule has 0 aliphatic rings. The smallest absolute Gasteiger partial charge is 0.260 e. The van der Waals surface area contributed by atoms with Crippen molar-refractivity contribution in [3.05, 3.63) is 4.60 Å². The van der Waals surface area contributed by atoms with Crippen molar-refractivity contribution < 1.29 is 8.42 Å². The normalized spacial score (nSPS) is 14.8. The predicted molar refractivity (Wildman–Crippen MR) is 71.3 cm³/mol. The van der Waals surface area contributed by atoms with Gasteiger partial charge in [0.2, 0.25) is 5.03 Å². The van der Waals surface area contributed by atoms with Crippen molar-refractivity contribution in [1.29, 1.82) is 0 Å². The molecule has 0 aliphatic carbocycles. The average molecular weight is 340 g/mol. The van der Waals surface area contributed by atoms with Crippen molar-refractivity contribution >= 4 is 26.0 Å². The molecule has 0 spiro atoms. The van der Waals surface area contributed by atoms with E-state index in [0.717, 1.165) is 0 Å². The molecule has 18 heavy (non-hydrogen) atoms. The molecule has 0 radical (unpaired) electrons. The van der Waals surface area contributed by atoms with Gasteiger partial charge in [0.1, 0.15) is 0 Å². The van der Waals surface area contributed by atoms with Gasteiger partial charge < -0.3 is 5.73 Å². The maximum atomic E-state index is 12.3. The number of aryl methyl sites for hydroxylation is 1. The zero-order chi connectivity index (χ0) is 14.1. The molecule has 0 bridgehead atoms. The molecule has 0 saturated carbocycles. The third-order valence-electron chi connectivity index (χ3n) is 2.57. The van der Waals surface area contributed by atoms with Crippen molar-refractivity contribution in [3.63, 3.8) is 0 Å². The van der Waals surface area contributed by atoms with E-state index in [1.807, 2.05) is 20.8 Å². The number of hydrogen-bond donors (Lipinski definition) is 2. The quantitative estimate of drug-likeness (QED) is 0.817. The molecule has 1 atom stereocenters. The molecule has 1 heterocycles. The molecule has 1 aromatic rings. The van der Waals surface area contributed by atoms with Crippen molar-refractivity contribution in [1.82, 2.24) is 19.7 Å². The molecular formula is C9H18BrN5O2S. The highest BCUT2D eigenvalue weighted by atomic mass is 79.9. The minimum absolute atomic E-state index is 0.00907. The first-order chi connectivity index (χ1) is 8.09. The maximum absolute atomic E-state index is 12.3. The molecular weight excluding hydrogens is 322 g/mol. The SMILES string of the molecule is Cn1nnc(Br)c1S(=O)(=O)NC(CN)C(C)(C)C. The van der Waals surface area contributed by atoms with E-state index in [4.69, 9.17) is 5.73 Å². The number of halogens is 1. The van der Waals surface area contributed by atoms with Gasteiger partial charge in [-0.1, -0.05) is 26.0 Å². The summed E-state index contributed by atoms with van der Waals surface area (Å²) in [5.41, 5.74) is 5.34. The van der Waals surface area contributed by atoms with Crippen LogP contribution in [-0.4, -0.2) is 36.0 Å². The van der Waals surface area contributed by atoms with Gasteiger partial charge in [-0.3, -0.25) is 0 Å². The van der Waals surface area contributed by atoms with Crippen molar-refractivity contribution in [2.45, 2.75) is 31.8 Å². The number of sulfonamides is 1. The van der Waals surface area contributed by atoms with Crippen LogP contribution in [0, 0.1) is 5.41 Å². The fourth-order valence-corrected chi connectivity index (χ4v) is 3.98. The summed E-state index contributed by atoms with van der Waals surface area (Å²) < 4.78 is 28.5. The second-order valence-corrected chi connectivity index (χ2v) is 7.47. The number of nitrogens with zero attached hydrogens (tertiary/aromatic N) is 3. The molecule has 1 rings (SSSR count). The van der Waals surface area contributed by atoms with Gasteiger partial charge in [0, 0.05) is 19.6 Å². The summed E-state index contributed by atoms with van der Waals surface area (Å²) in [5.74, 6) is 0. The van der Waals surface area contributed by atoms with Gasteiger partial charge in [0.15, 0.2) is 4.60 Å². The van der Waals surface area contributed by atoms with Crippen LogP contribution in [0.3, 0.4) is 0 Å². The largest absolute Gasteiger partial charge is 0.329 e. The zero-order valence-corrected chi connectivity index (χ0v) is 13.2. The number of nitrogens with one attached hydrogen (secondary N) is 1. The Labute approximate surface area is 115 Å². The van der Waals surface area contributed by atoms with Crippen LogP contribution in [0.2, 0.25) is 0 Å². The molecule has 0 aliphatic heterocycles. The van der Waals surface area contributed by atoms with Gasteiger partial charge in [0.25, 0.3) is 10.0 Å². The summed E-state index contributed by atoms with van der Waals surface area (Å²) in [6.45, 7) is 5.97. The second-order valence-electron chi connectivity index (χ2n) is 5.08. The Morgan fingerprint density at radius 1 is 1.50 bits per heavy atom. The molecule has 0 fully saturated rings. The van der Waals surface area contributed by atoms with E-state index >= 15 is 0 Å². The minimum atomic E-state index is -3.71. The third kappa shape index (κ3) is 3.28. The first-order valence-electron chi connectivity index (χ1n) is 5.37. The van der Waals surface area contributed by atoms with Crippen LogP contribution in [0.15, 0.2) is 9.63 Å². The van der Waals surface area contributed by atoms with E-state index in [-0.39, 0.29) is 27.6 Å². The van der Waals surface area contributed by atoms with E-state index < -0.39 is 10.0 Å². The Hall–Kier alpha value is -0.510. The Morgan fingerprint density at radius 3 is 2.39 bits per heavy atom.